The lowest BCUT2D eigenvalue weighted by molar-refractivity contribution is -0.147. The van der Waals surface area contributed by atoms with Crippen LogP contribution < -0.4 is 5.32 Å². The first-order valence-corrected chi connectivity index (χ1v) is 14.8. The molecule has 6 nitrogen and oxygen atoms in total. The van der Waals surface area contributed by atoms with Gasteiger partial charge in [0.2, 0.25) is 5.91 Å². The molecule has 0 bridgehead atoms. The van der Waals surface area contributed by atoms with E-state index in [9.17, 15) is 23.1 Å². The monoisotopic (exact) mass is 567 g/mol. The fourth-order valence-electron chi connectivity index (χ4n) is 5.52. The van der Waals surface area contributed by atoms with Gasteiger partial charge < -0.3 is 10.4 Å². The summed E-state index contributed by atoms with van der Waals surface area (Å²) >= 11 is 12.4. The van der Waals surface area contributed by atoms with E-state index in [1.807, 2.05) is 32.0 Å². The lowest BCUT2D eigenvalue weighted by Crippen LogP contribution is -2.57. The standard InChI is InChI=1S/C28H35Cl2NO5S/c1-16(2)37(35,36)26(19-9-11-21(29)12-10-19)18(4)17(3)25-23(20-7-6-8-22(30)13-20)14-28(5,15-24(32)33)27(34)31-25/h6-13,16-18,23,25-26H,14-15H2,1-5H3,(H,31,34)(H,32,33)/t17?,18?,23-,25+,26?,28+/m1/s1. The van der Waals surface area contributed by atoms with Crippen molar-refractivity contribution >= 4 is 44.9 Å². The van der Waals surface area contributed by atoms with Crippen LogP contribution in [0.15, 0.2) is 48.5 Å². The summed E-state index contributed by atoms with van der Waals surface area (Å²) in [4.78, 5) is 24.9. The Kier molecular flexibility index (Phi) is 9.03. The van der Waals surface area contributed by atoms with Crippen LogP contribution in [0.25, 0.3) is 0 Å². The number of hydrogen-bond acceptors (Lipinski definition) is 4. The molecular weight excluding hydrogens is 533 g/mol. The van der Waals surface area contributed by atoms with Crippen LogP contribution in [-0.2, 0) is 19.4 Å². The average molecular weight is 569 g/mol. The van der Waals surface area contributed by atoms with Crippen molar-refractivity contribution in [3.8, 4) is 0 Å². The molecule has 37 heavy (non-hydrogen) atoms. The second-order valence-corrected chi connectivity index (χ2v) is 14.3. The molecule has 1 aliphatic rings. The topological polar surface area (TPSA) is 101 Å². The summed E-state index contributed by atoms with van der Waals surface area (Å²) in [5.41, 5.74) is 0.412. The summed E-state index contributed by atoms with van der Waals surface area (Å²) in [7, 11) is -3.58. The molecule has 1 heterocycles. The van der Waals surface area contributed by atoms with Crippen molar-refractivity contribution in [3.05, 3.63) is 69.7 Å². The molecular formula is C28H35Cl2NO5S. The minimum absolute atomic E-state index is 0.258. The van der Waals surface area contributed by atoms with Gasteiger partial charge in [-0.2, -0.15) is 0 Å². The third-order valence-electron chi connectivity index (χ3n) is 7.85. The van der Waals surface area contributed by atoms with E-state index in [1.54, 1.807) is 51.1 Å². The Morgan fingerprint density at radius 2 is 1.70 bits per heavy atom. The predicted octanol–water partition coefficient (Wildman–Crippen LogP) is 6.28. The Balaban J connectivity index is 2.08. The van der Waals surface area contributed by atoms with Crippen LogP contribution in [0.4, 0.5) is 0 Å². The molecule has 1 aliphatic heterocycles. The molecule has 0 aromatic heterocycles. The summed E-state index contributed by atoms with van der Waals surface area (Å²) in [6.45, 7) is 8.86. The van der Waals surface area contributed by atoms with Crippen molar-refractivity contribution in [2.24, 2.45) is 17.3 Å². The molecule has 202 valence electrons. The molecule has 0 spiro atoms. The van der Waals surface area contributed by atoms with Gasteiger partial charge in [-0.05, 0) is 67.5 Å². The van der Waals surface area contributed by atoms with Crippen LogP contribution in [0.1, 0.15) is 69.8 Å². The quantitative estimate of drug-likeness (QED) is 0.371. The molecule has 3 rings (SSSR count). The highest BCUT2D eigenvalue weighted by molar-refractivity contribution is 7.92. The van der Waals surface area contributed by atoms with E-state index in [-0.39, 0.29) is 30.1 Å². The normalized spacial score (nSPS) is 24.8. The first kappa shape index (κ1) is 29.5. The number of carbonyl (C=O) groups is 2. The van der Waals surface area contributed by atoms with E-state index < -0.39 is 37.8 Å². The van der Waals surface area contributed by atoms with E-state index in [1.165, 1.54) is 0 Å². The molecule has 0 aliphatic carbocycles. The molecule has 0 saturated carbocycles. The lowest BCUT2D eigenvalue weighted by atomic mass is 9.66. The van der Waals surface area contributed by atoms with E-state index in [0.717, 1.165) is 5.56 Å². The molecule has 2 aromatic rings. The van der Waals surface area contributed by atoms with Gasteiger partial charge in [-0.15, -0.1) is 0 Å². The molecule has 1 amide bonds. The van der Waals surface area contributed by atoms with Crippen molar-refractivity contribution in [3.63, 3.8) is 0 Å². The molecule has 9 heteroatoms. The zero-order valence-electron chi connectivity index (χ0n) is 21.7. The van der Waals surface area contributed by atoms with Crippen molar-refractivity contribution in [2.75, 3.05) is 0 Å². The van der Waals surface area contributed by atoms with Gasteiger partial charge in [0.05, 0.1) is 22.3 Å². The molecule has 2 aromatic carbocycles. The highest BCUT2D eigenvalue weighted by Gasteiger charge is 2.49. The number of benzene rings is 2. The van der Waals surface area contributed by atoms with E-state index >= 15 is 0 Å². The number of carboxylic acid groups (broad SMARTS) is 1. The van der Waals surface area contributed by atoms with Gasteiger partial charge in [0.15, 0.2) is 9.84 Å². The van der Waals surface area contributed by atoms with Gasteiger partial charge in [-0.3, -0.25) is 9.59 Å². The number of aliphatic carboxylic acids is 1. The van der Waals surface area contributed by atoms with Gasteiger partial charge in [-0.25, -0.2) is 8.42 Å². The molecule has 1 fully saturated rings. The Bertz CT molecular complexity index is 1250. The number of sulfone groups is 1. The number of carbonyl (C=O) groups excluding carboxylic acids is 1. The minimum Gasteiger partial charge on any atom is -0.481 e. The summed E-state index contributed by atoms with van der Waals surface area (Å²) in [6.07, 6.45) is -0.00255. The molecule has 1 saturated heterocycles. The van der Waals surface area contributed by atoms with Crippen molar-refractivity contribution in [1.29, 1.82) is 0 Å². The van der Waals surface area contributed by atoms with Gasteiger partial charge in [0, 0.05) is 22.0 Å². The maximum atomic E-state index is 13.6. The van der Waals surface area contributed by atoms with Crippen molar-refractivity contribution < 1.29 is 23.1 Å². The van der Waals surface area contributed by atoms with Crippen LogP contribution in [0, 0.1) is 17.3 Å². The summed E-state index contributed by atoms with van der Waals surface area (Å²) in [5, 5.41) is 12.2. The van der Waals surface area contributed by atoms with Crippen molar-refractivity contribution in [1.82, 2.24) is 5.32 Å². The minimum atomic E-state index is -3.58. The number of hydrogen-bond donors (Lipinski definition) is 2. The number of nitrogens with one attached hydrogen (secondary N) is 1. The third kappa shape index (κ3) is 6.32. The third-order valence-corrected chi connectivity index (χ3v) is 11.1. The molecule has 2 N–H and O–H groups in total. The van der Waals surface area contributed by atoms with Crippen LogP contribution in [0.5, 0.6) is 0 Å². The summed E-state index contributed by atoms with van der Waals surface area (Å²) < 4.78 is 27.3. The molecule has 6 atom stereocenters. The first-order valence-electron chi connectivity index (χ1n) is 12.4. The first-order chi connectivity index (χ1) is 17.2. The second kappa shape index (κ2) is 11.3. The van der Waals surface area contributed by atoms with Crippen LogP contribution in [0.3, 0.4) is 0 Å². The smallest absolute Gasteiger partial charge is 0.304 e. The Morgan fingerprint density at radius 1 is 1.08 bits per heavy atom. The largest absolute Gasteiger partial charge is 0.481 e. The maximum absolute atomic E-state index is 13.6. The predicted molar refractivity (Wildman–Crippen MR) is 148 cm³/mol. The highest BCUT2D eigenvalue weighted by Crippen LogP contribution is 2.47. The second-order valence-electron chi connectivity index (χ2n) is 10.8. The number of carboxylic acids is 1. The van der Waals surface area contributed by atoms with Gasteiger partial charge >= 0.3 is 5.97 Å². The van der Waals surface area contributed by atoms with Crippen LogP contribution in [0.2, 0.25) is 10.0 Å². The summed E-state index contributed by atoms with van der Waals surface area (Å²) in [6, 6.07) is 13.8. The van der Waals surface area contributed by atoms with Gasteiger partial charge in [-0.1, -0.05) is 68.2 Å². The Hall–Kier alpha value is -2.09. The van der Waals surface area contributed by atoms with E-state index in [4.69, 9.17) is 23.2 Å². The Labute approximate surface area is 229 Å². The fourth-order valence-corrected chi connectivity index (χ4v) is 7.81. The van der Waals surface area contributed by atoms with Crippen LogP contribution >= 0.6 is 23.2 Å². The van der Waals surface area contributed by atoms with Crippen LogP contribution in [-0.4, -0.2) is 36.7 Å². The summed E-state index contributed by atoms with van der Waals surface area (Å²) in [5.74, 6) is -2.31. The number of rotatable bonds is 9. The molecule has 0 radical (unpaired) electrons. The zero-order valence-corrected chi connectivity index (χ0v) is 24.1. The van der Waals surface area contributed by atoms with Gasteiger partial charge in [0.25, 0.3) is 0 Å². The molecule has 3 unspecified atom stereocenters. The maximum Gasteiger partial charge on any atom is 0.304 e. The zero-order chi connectivity index (χ0) is 27.7. The fraction of sp³-hybridized carbons (Fsp3) is 0.500. The van der Waals surface area contributed by atoms with Gasteiger partial charge in [0.1, 0.15) is 0 Å². The highest BCUT2D eigenvalue weighted by atomic mass is 35.5. The number of piperidine rings is 1. The van der Waals surface area contributed by atoms with Crippen molar-refractivity contribution in [2.45, 2.75) is 69.9 Å². The number of halogens is 2. The Morgan fingerprint density at radius 3 is 2.24 bits per heavy atom. The average Bonchev–Trinajstić information content (AvgIpc) is 2.80. The SMILES string of the molecule is CC(C(C)[C@@H]1NC(=O)[C@](C)(CC(=O)O)C[C@@H]1c1cccc(Cl)c1)C(c1ccc(Cl)cc1)S(=O)(=O)C(C)C. The van der Waals surface area contributed by atoms with E-state index in [2.05, 4.69) is 5.32 Å². The number of amides is 1. The lowest BCUT2D eigenvalue weighted by Gasteiger charge is -2.46. The van der Waals surface area contributed by atoms with E-state index in [0.29, 0.717) is 22.0 Å².